The molecule has 0 saturated heterocycles. The number of hydrogen-bond acceptors (Lipinski definition) is 3. The van der Waals surface area contributed by atoms with Gasteiger partial charge >= 0.3 is 0 Å². The fourth-order valence-corrected chi connectivity index (χ4v) is 1.97. The normalized spacial score (nSPS) is 14.5. The molecule has 1 aromatic rings. The smallest absolute Gasteiger partial charge is 0.0897 e. The molecule has 0 aliphatic heterocycles. The van der Waals surface area contributed by atoms with Crippen LogP contribution in [-0.2, 0) is 11.2 Å². The number of aryl methyl sites for hydroxylation is 1. The molecule has 0 saturated carbocycles. The molecule has 114 valence electrons. The van der Waals surface area contributed by atoms with Gasteiger partial charge in [-0.15, -0.1) is 0 Å². The molecule has 1 rings (SSSR count). The van der Waals surface area contributed by atoms with E-state index in [-0.39, 0.29) is 6.04 Å². The van der Waals surface area contributed by atoms with Gasteiger partial charge in [0, 0.05) is 19.2 Å². The predicted molar refractivity (Wildman–Crippen MR) is 83.9 cm³/mol. The Balaban J connectivity index is 2.29. The molecule has 0 spiro atoms. The molecule has 2 unspecified atom stereocenters. The standard InChI is InChI=1S/C17H29NO2/c1-5-15-6-8-16(9-7-15)14(4)18-10-17(19)12-20-11-13(2)3/h6-9,13-14,17-19H,5,10-12H2,1-4H3. The van der Waals surface area contributed by atoms with Crippen molar-refractivity contribution in [3.63, 3.8) is 0 Å². The highest BCUT2D eigenvalue weighted by Gasteiger charge is 2.09. The van der Waals surface area contributed by atoms with Crippen molar-refractivity contribution in [3.8, 4) is 0 Å². The average molecular weight is 279 g/mol. The van der Waals surface area contributed by atoms with Gasteiger partial charge in [0.25, 0.3) is 0 Å². The lowest BCUT2D eigenvalue weighted by Gasteiger charge is -2.18. The predicted octanol–water partition coefficient (Wildman–Crippen LogP) is 2.93. The summed E-state index contributed by atoms with van der Waals surface area (Å²) in [6, 6.07) is 8.86. The topological polar surface area (TPSA) is 41.5 Å². The summed E-state index contributed by atoms with van der Waals surface area (Å²) in [7, 11) is 0. The summed E-state index contributed by atoms with van der Waals surface area (Å²) in [5.41, 5.74) is 2.60. The Hall–Kier alpha value is -0.900. The van der Waals surface area contributed by atoms with E-state index in [0.29, 0.717) is 25.7 Å². The van der Waals surface area contributed by atoms with E-state index in [0.717, 1.165) is 6.42 Å². The molecule has 2 N–H and O–H groups in total. The lowest BCUT2D eigenvalue weighted by Crippen LogP contribution is -2.32. The zero-order valence-electron chi connectivity index (χ0n) is 13.2. The first-order chi connectivity index (χ1) is 9.52. The molecule has 0 aromatic heterocycles. The van der Waals surface area contributed by atoms with Crippen LogP contribution < -0.4 is 5.32 Å². The van der Waals surface area contributed by atoms with E-state index in [4.69, 9.17) is 4.74 Å². The first kappa shape index (κ1) is 17.2. The highest BCUT2D eigenvalue weighted by Crippen LogP contribution is 2.13. The van der Waals surface area contributed by atoms with Gasteiger partial charge in [0.1, 0.15) is 0 Å². The molecule has 0 aliphatic carbocycles. The van der Waals surface area contributed by atoms with E-state index in [2.05, 4.69) is 57.3 Å². The molecule has 3 heteroatoms. The van der Waals surface area contributed by atoms with Crippen molar-refractivity contribution >= 4 is 0 Å². The second-order valence-corrected chi connectivity index (χ2v) is 5.81. The molecule has 0 aliphatic rings. The third-order valence-corrected chi connectivity index (χ3v) is 3.31. The zero-order chi connectivity index (χ0) is 15.0. The van der Waals surface area contributed by atoms with Gasteiger partial charge in [-0.3, -0.25) is 0 Å². The second-order valence-electron chi connectivity index (χ2n) is 5.81. The van der Waals surface area contributed by atoms with Gasteiger partial charge in [-0.2, -0.15) is 0 Å². The van der Waals surface area contributed by atoms with Crippen molar-refractivity contribution in [3.05, 3.63) is 35.4 Å². The Labute approximate surface area is 123 Å². The average Bonchev–Trinajstić information content (AvgIpc) is 2.44. The van der Waals surface area contributed by atoms with Crippen molar-refractivity contribution in [2.24, 2.45) is 5.92 Å². The molecule has 0 bridgehead atoms. The van der Waals surface area contributed by atoms with Crippen LogP contribution in [0.5, 0.6) is 0 Å². The quantitative estimate of drug-likeness (QED) is 0.730. The molecule has 1 aromatic carbocycles. The number of rotatable bonds is 9. The van der Waals surface area contributed by atoms with E-state index >= 15 is 0 Å². The second kappa shape index (κ2) is 9.11. The molecular formula is C17H29NO2. The summed E-state index contributed by atoms with van der Waals surface area (Å²) < 4.78 is 5.44. The molecule has 0 amide bonds. The van der Waals surface area contributed by atoms with Crippen molar-refractivity contribution in [2.75, 3.05) is 19.8 Å². The van der Waals surface area contributed by atoms with Crippen LogP contribution in [0.3, 0.4) is 0 Å². The van der Waals surface area contributed by atoms with Gasteiger partial charge in [0.15, 0.2) is 0 Å². The highest BCUT2D eigenvalue weighted by molar-refractivity contribution is 5.24. The summed E-state index contributed by atoms with van der Waals surface area (Å²) in [4.78, 5) is 0. The lowest BCUT2D eigenvalue weighted by molar-refractivity contribution is 0.0252. The van der Waals surface area contributed by atoms with Gasteiger partial charge in [-0.25, -0.2) is 0 Å². The summed E-state index contributed by atoms with van der Waals surface area (Å²) in [6.45, 7) is 10.1. The first-order valence-electron chi connectivity index (χ1n) is 7.61. The van der Waals surface area contributed by atoms with Crippen LogP contribution in [0.1, 0.15) is 44.9 Å². The van der Waals surface area contributed by atoms with Gasteiger partial charge in [-0.1, -0.05) is 45.0 Å². The van der Waals surface area contributed by atoms with Crippen LogP contribution in [0.25, 0.3) is 0 Å². The summed E-state index contributed by atoms with van der Waals surface area (Å²) >= 11 is 0. The number of aliphatic hydroxyl groups excluding tert-OH is 1. The van der Waals surface area contributed by atoms with Crippen LogP contribution in [-0.4, -0.2) is 31.0 Å². The number of hydrogen-bond donors (Lipinski definition) is 2. The van der Waals surface area contributed by atoms with Crippen LogP contribution in [0.4, 0.5) is 0 Å². The van der Waals surface area contributed by atoms with E-state index < -0.39 is 6.10 Å². The van der Waals surface area contributed by atoms with Crippen LogP contribution in [0.2, 0.25) is 0 Å². The van der Waals surface area contributed by atoms with Crippen molar-refractivity contribution in [2.45, 2.75) is 46.3 Å². The maximum Gasteiger partial charge on any atom is 0.0897 e. The Morgan fingerprint density at radius 2 is 1.75 bits per heavy atom. The maximum atomic E-state index is 9.85. The van der Waals surface area contributed by atoms with Gasteiger partial charge in [-0.05, 0) is 30.4 Å². The van der Waals surface area contributed by atoms with Crippen LogP contribution in [0, 0.1) is 5.92 Å². The summed E-state index contributed by atoms with van der Waals surface area (Å²) in [5.74, 6) is 0.506. The minimum absolute atomic E-state index is 0.237. The number of nitrogens with one attached hydrogen (secondary N) is 1. The first-order valence-corrected chi connectivity index (χ1v) is 7.61. The Kier molecular flexibility index (Phi) is 7.82. The fraction of sp³-hybridized carbons (Fsp3) is 0.647. The van der Waals surface area contributed by atoms with Crippen molar-refractivity contribution < 1.29 is 9.84 Å². The number of benzene rings is 1. The minimum Gasteiger partial charge on any atom is -0.389 e. The Morgan fingerprint density at radius 1 is 1.10 bits per heavy atom. The zero-order valence-corrected chi connectivity index (χ0v) is 13.2. The summed E-state index contributed by atoms with van der Waals surface area (Å²) in [5, 5.41) is 13.2. The third-order valence-electron chi connectivity index (χ3n) is 3.31. The third kappa shape index (κ3) is 6.51. The molecule has 0 heterocycles. The van der Waals surface area contributed by atoms with E-state index in [9.17, 15) is 5.11 Å². The van der Waals surface area contributed by atoms with Gasteiger partial charge in [0.05, 0.1) is 12.7 Å². The summed E-state index contributed by atoms with van der Waals surface area (Å²) in [6.07, 6.45) is 0.611. The van der Waals surface area contributed by atoms with Crippen LogP contribution in [0.15, 0.2) is 24.3 Å². The lowest BCUT2D eigenvalue weighted by atomic mass is 10.0. The number of aliphatic hydroxyl groups is 1. The van der Waals surface area contributed by atoms with E-state index in [1.807, 2.05) is 0 Å². The Bertz CT molecular complexity index is 362. The van der Waals surface area contributed by atoms with Gasteiger partial charge < -0.3 is 15.2 Å². The monoisotopic (exact) mass is 279 g/mol. The molecule has 0 fully saturated rings. The van der Waals surface area contributed by atoms with Gasteiger partial charge in [0.2, 0.25) is 0 Å². The highest BCUT2D eigenvalue weighted by atomic mass is 16.5. The van der Waals surface area contributed by atoms with Crippen molar-refractivity contribution in [1.82, 2.24) is 5.32 Å². The van der Waals surface area contributed by atoms with Crippen LogP contribution >= 0.6 is 0 Å². The molecule has 0 radical (unpaired) electrons. The fourth-order valence-electron chi connectivity index (χ4n) is 1.97. The molecule has 2 atom stereocenters. The SMILES string of the molecule is CCc1ccc(C(C)NCC(O)COCC(C)C)cc1. The largest absolute Gasteiger partial charge is 0.389 e. The maximum absolute atomic E-state index is 9.85. The molecular weight excluding hydrogens is 250 g/mol. The minimum atomic E-state index is -0.453. The van der Waals surface area contributed by atoms with E-state index in [1.54, 1.807) is 0 Å². The van der Waals surface area contributed by atoms with E-state index in [1.165, 1.54) is 11.1 Å². The van der Waals surface area contributed by atoms with Crippen molar-refractivity contribution in [1.29, 1.82) is 0 Å². The molecule has 3 nitrogen and oxygen atoms in total. The Morgan fingerprint density at radius 3 is 2.30 bits per heavy atom. The number of ether oxygens (including phenoxy) is 1. The molecule has 20 heavy (non-hydrogen) atoms.